The van der Waals surface area contributed by atoms with E-state index >= 15 is 0 Å². The predicted molar refractivity (Wildman–Crippen MR) is 105 cm³/mol. The predicted octanol–water partition coefficient (Wildman–Crippen LogP) is 2.70. The van der Waals surface area contributed by atoms with Gasteiger partial charge in [0.25, 0.3) is 5.91 Å². The Morgan fingerprint density at radius 2 is 2.03 bits per heavy atom. The number of Topliss-reactive ketones (excluding diaryl/α,β-unsaturated/α-hetero) is 1. The molecule has 0 saturated carbocycles. The van der Waals surface area contributed by atoms with Gasteiger partial charge in [0.05, 0.1) is 19.4 Å². The van der Waals surface area contributed by atoms with Gasteiger partial charge < -0.3 is 19.1 Å². The quantitative estimate of drug-likeness (QED) is 0.752. The number of amides is 1. The van der Waals surface area contributed by atoms with Crippen molar-refractivity contribution >= 4 is 17.4 Å². The fourth-order valence-electron chi connectivity index (χ4n) is 4.12. The second-order valence-electron chi connectivity index (χ2n) is 7.70. The van der Waals surface area contributed by atoms with Crippen LogP contribution in [0.3, 0.4) is 0 Å². The minimum absolute atomic E-state index is 0.00818. The number of ether oxygens (including phenoxy) is 3. The van der Waals surface area contributed by atoms with Gasteiger partial charge in [-0.1, -0.05) is 0 Å². The molecular formula is C22H21FN2O5. The van der Waals surface area contributed by atoms with E-state index in [2.05, 4.69) is 4.98 Å². The number of fused-ring (bicyclic) bond motifs is 1. The molecule has 2 fully saturated rings. The van der Waals surface area contributed by atoms with E-state index in [4.69, 9.17) is 14.2 Å². The molecule has 0 unspecified atom stereocenters. The first-order chi connectivity index (χ1) is 14.6. The van der Waals surface area contributed by atoms with Crippen molar-refractivity contribution in [3.63, 3.8) is 0 Å². The highest BCUT2D eigenvalue weighted by Crippen LogP contribution is 2.32. The summed E-state index contributed by atoms with van der Waals surface area (Å²) in [5.74, 6) is 0.167. The number of aromatic nitrogens is 1. The summed E-state index contributed by atoms with van der Waals surface area (Å²) >= 11 is 0. The molecule has 2 atom stereocenters. The molecule has 2 aromatic rings. The maximum Gasteiger partial charge on any atom is 0.268 e. The van der Waals surface area contributed by atoms with E-state index in [0.717, 1.165) is 6.42 Å². The van der Waals surface area contributed by atoms with Gasteiger partial charge in [-0.05, 0) is 30.2 Å². The van der Waals surface area contributed by atoms with Crippen LogP contribution in [0.2, 0.25) is 0 Å². The largest absolute Gasteiger partial charge is 0.479 e. The molecule has 30 heavy (non-hydrogen) atoms. The van der Waals surface area contributed by atoms with Gasteiger partial charge in [-0.2, -0.15) is 0 Å². The average molecular weight is 412 g/mol. The van der Waals surface area contributed by atoms with Gasteiger partial charge in [0.15, 0.2) is 11.9 Å². The summed E-state index contributed by atoms with van der Waals surface area (Å²) in [6.45, 7) is 1.64. The molecule has 3 aliphatic rings. The molecule has 2 aliphatic heterocycles. The molecule has 3 heterocycles. The Morgan fingerprint density at radius 1 is 1.13 bits per heavy atom. The molecule has 1 aromatic carbocycles. The maximum absolute atomic E-state index is 14.4. The third-order valence-electron chi connectivity index (χ3n) is 5.71. The minimum Gasteiger partial charge on any atom is -0.479 e. The van der Waals surface area contributed by atoms with Crippen LogP contribution >= 0.6 is 0 Å². The number of carbonyl (C=O) groups excluding carboxylic acids is 2. The normalized spacial score (nSPS) is 23.2. The van der Waals surface area contributed by atoms with Crippen LogP contribution in [0.25, 0.3) is 0 Å². The highest BCUT2D eigenvalue weighted by Gasteiger charge is 2.36. The first-order valence-electron chi connectivity index (χ1n) is 10.1. The lowest BCUT2D eigenvalue weighted by Gasteiger charge is -2.18. The van der Waals surface area contributed by atoms with Crippen molar-refractivity contribution in [2.75, 3.05) is 24.7 Å². The number of benzene rings is 1. The van der Waals surface area contributed by atoms with Crippen LogP contribution in [-0.4, -0.2) is 48.6 Å². The van der Waals surface area contributed by atoms with Crippen molar-refractivity contribution in [3.8, 4) is 11.6 Å². The molecule has 0 N–H and O–H groups in total. The number of pyridine rings is 1. The van der Waals surface area contributed by atoms with Crippen molar-refractivity contribution in [1.82, 2.24) is 4.98 Å². The van der Waals surface area contributed by atoms with Crippen LogP contribution < -0.4 is 14.4 Å². The standard InChI is InChI=1S/C22H21FN2O5/c23-18-10-13(9-17-16(18)2-3-19(17)26)25-7-5-20(22(25)27)29-14-1-4-21(24-11-14)30-15-6-8-28-12-15/h1,4,9-11,15,20H,2-3,5-8,12H2/t15-,20+/m0/s1. The van der Waals surface area contributed by atoms with Crippen LogP contribution in [0.4, 0.5) is 10.1 Å². The molecule has 0 radical (unpaired) electrons. The van der Waals surface area contributed by atoms with Gasteiger partial charge in [0, 0.05) is 43.1 Å². The Balaban J connectivity index is 1.26. The molecule has 8 heteroatoms. The molecule has 0 bridgehead atoms. The highest BCUT2D eigenvalue weighted by molar-refractivity contribution is 6.04. The maximum atomic E-state index is 14.4. The van der Waals surface area contributed by atoms with Crippen LogP contribution in [0.5, 0.6) is 11.6 Å². The number of hydrogen-bond donors (Lipinski definition) is 0. The summed E-state index contributed by atoms with van der Waals surface area (Å²) in [5.41, 5.74) is 1.23. The van der Waals surface area contributed by atoms with Gasteiger partial charge in [0.2, 0.25) is 5.88 Å². The number of halogens is 1. The van der Waals surface area contributed by atoms with Crippen molar-refractivity contribution in [2.45, 2.75) is 37.9 Å². The van der Waals surface area contributed by atoms with E-state index in [-0.39, 0.29) is 17.8 Å². The first kappa shape index (κ1) is 19.0. The lowest BCUT2D eigenvalue weighted by Crippen LogP contribution is -2.32. The number of hydrogen-bond acceptors (Lipinski definition) is 6. The molecule has 0 spiro atoms. The highest BCUT2D eigenvalue weighted by atomic mass is 19.1. The molecule has 2 saturated heterocycles. The Kier molecular flexibility index (Phi) is 4.86. The van der Waals surface area contributed by atoms with Crippen molar-refractivity contribution in [2.24, 2.45) is 0 Å². The van der Waals surface area contributed by atoms with Crippen LogP contribution in [0, 0.1) is 5.82 Å². The summed E-state index contributed by atoms with van der Waals surface area (Å²) in [5, 5.41) is 0. The van der Waals surface area contributed by atoms with E-state index < -0.39 is 11.9 Å². The van der Waals surface area contributed by atoms with E-state index in [1.807, 2.05) is 0 Å². The fourth-order valence-corrected chi connectivity index (χ4v) is 4.12. The smallest absolute Gasteiger partial charge is 0.268 e. The Labute approximate surface area is 172 Å². The molecule has 156 valence electrons. The summed E-state index contributed by atoms with van der Waals surface area (Å²) in [7, 11) is 0. The van der Waals surface area contributed by atoms with Gasteiger partial charge in [-0.15, -0.1) is 0 Å². The lowest BCUT2D eigenvalue weighted by atomic mass is 10.1. The fraction of sp³-hybridized carbons (Fsp3) is 0.409. The van der Waals surface area contributed by atoms with Gasteiger partial charge >= 0.3 is 0 Å². The van der Waals surface area contributed by atoms with E-state index in [9.17, 15) is 14.0 Å². The molecule has 1 amide bonds. The molecule has 7 nitrogen and oxygen atoms in total. The Morgan fingerprint density at radius 3 is 2.80 bits per heavy atom. The average Bonchev–Trinajstić information content (AvgIpc) is 3.46. The van der Waals surface area contributed by atoms with E-state index in [1.165, 1.54) is 17.2 Å². The summed E-state index contributed by atoms with van der Waals surface area (Å²) in [6, 6.07) is 6.36. The third kappa shape index (κ3) is 3.52. The monoisotopic (exact) mass is 412 g/mol. The molecule has 5 rings (SSSR count). The van der Waals surface area contributed by atoms with Crippen LogP contribution in [0.1, 0.15) is 35.2 Å². The van der Waals surface area contributed by atoms with E-state index in [1.54, 1.807) is 18.2 Å². The second-order valence-corrected chi connectivity index (χ2v) is 7.70. The Hall–Kier alpha value is -3.00. The zero-order valence-corrected chi connectivity index (χ0v) is 16.3. The van der Waals surface area contributed by atoms with E-state index in [0.29, 0.717) is 67.5 Å². The number of carbonyl (C=O) groups is 2. The Bertz CT molecular complexity index is 988. The number of rotatable bonds is 5. The lowest BCUT2D eigenvalue weighted by molar-refractivity contribution is -0.122. The van der Waals surface area contributed by atoms with Crippen LogP contribution in [-0.2, 0) is 16.0 Å². The minimum atomic E-state index is -0.686. The molecular weight excluding hydrogens is 391 g/mol. The number of nitrogens with zero attached hydrogens (tertiary/aromatic N) is 2. The molecule has 1 aromatic heterocycles. The van der Waals surface area contributed by atoms with Crippen molar-refractivity contribution in [1.29, 1.82) is 0 Å². The SMILES string of the molecule is O=C1CCc2c(F)cc(N3CC[C@@H](Oc4ccc(O[C@H]5CCOC5)nc4)C3=O)cc21. The number of ketones is 1. The zero-order chi connectivity index (χ0) is 20.7. The van der Waals surface area contributed by atoms with Crippen molar-refractivity contribution in [3.05, 3.63) is 47.4 Å². The molecule has 1 aliphatic carbocycles. The van der Waals surface area contributed by atoms with Crippen LogP contribution in [0.15, 0.2) is 30.5 Å². The zero-order valence-electron chi connectivity index (χ0n) is 16.3. The van der Waals surface area contributed by atoms with Gasteiger partial charge in [-0.3, -0.25) is 9.59 Å². The van der Waals surface area contributed by atoms with Gasteiger partial charge in [0.1, 0.15) is 17.7 Å². The summed E-state index contributed by atoms with van der Waals surface area (Å²) in [4.78, 5) is 30.5. The summed E-state index contributed by atoms with van der Waals surface area (Å²) in [6.07, 6.45) is 2.87. The first-order valence-corrected chi connectivity index (χ1v) is 10.1. The van der Waals surface area contributed by atoms with Crippen molar-refractivity contribution < 1.29 is 28.2 Å². The van der Waals surface area contributed by atoms with Gasteiger partial charge in [-0.25, -0.2) is 9.37 Å². The third-order valence-corrected chi connectivity index (χ3v) is 5.71. The topological polar surface area (TPSA) is 78.0 Å². The summed E-state index contributed by atoms with van der Waals surface area (Å²) < 4.78 is 31.2. The number of anilines is 1. The second kappa shape index (κ2) is 7.68.